The van der Waals surface area contributed by atoms with Crippen LogP contribution in [-0.4, -0.2) is 37.2 Å². The predicted octanol–water partition coefficient (Wildman–Crippen LogP) is 3.42. The van der Waals surface area contributed by atoms with Crippen molar-refractivity contribution in [2.75, 3.05) is 19.6 Å². The number of alkyl halides is 2. The van der Waals surface area contributed by atoms with Gasteiger partial charge in [-0.3, -0.25) is 0 Å². The van der Waals surface area contributed by atoms with Gasteiger partial charge in [-0.05, 0) is 38.9 Å². The molecule has 2 unspecified atom stereocenters. The number of nitrogens with one attached hydrogen (secondary N) is 1. The highest BCUT2D eigenvalue weighted by Gasteiger charge is 2.22. The Kier molecular flexibility index (Phi) is 5.94. The second-order valence-corrected chi connectivity index (χ2v) is 5.54. The Bertz CT molecular complexity index is 442. The Morgan fingerprint density at radius 1 is 1.38 bits per heavy atom. The third kappa shape index (κ3) is 4.64. The van der Waals surface area contributed by atoms with Crippen LogP contribution in [0.15, 0.2) is 24.3 Å². The summed E-state index contributed by atoms with van der Waals surface area (Å²) in [5.41, 5.74) is 0.784. The van der Waals surface area contributed by atoms with E-state index < -0.39 is 6.61 Å². The summed E-state index contributed by atoms with van der Waals surface area (Å²) in [7, 11) is 0. The molecule has 3 nitrogen and oxygen atoms in total. The summed E-state index contributed by atoms with van der Waals surface area (Å²) in [5, 5.41) is 3.55. The molecule has 2 atom stereocenters. The monoisotopic (exact) mass is 298 g/mol. The van der Waals surface area contributed by atoms with Crippen LogP contribution in [0.25, 0.3) is 0 Å². The van der Waals surface area contributed by atoms with Crippen molar-refractivity contribution in [2.24, 2.45) is 0 Å². The smallest absolute Gasteiger partial charge is 0.387 e. The minimum absolute atomic E-state index is 0.0123. The van der Waals surface area contributed by atoms with Crippen molar-refractivity contribution in [1.82, 2.24) is 10.2 Å². The van der Waals surface area contributed by atoms with Gasteiger partial charge < -0.3 is 15.0 Å². The van der Waals surface area contributed by atoms with Gasteiger partial charge in [0.1, 0.15) is 5.75 Å². The Balaban J connectivity index is 2.01. The molecule has 1 N–H and O–H groups in total. The lowest BCUT2D eigenvalue weighted by Crippen LogP contribution is -2.46. The van der Waals surface area contributed by atoms with Crippen molar-refractivity contribution < 1.29 is 13.5 Å². The van der Waals surface area contributed by atoms with Crippen LogP contribution in [-0.2, 0) is 0 Å². The first kappa shape index (κ1) is 16.2. The van der Waals surface area contributed by atoms with E-state index in [1.54, 1.807) is 12.1 Å². The molecule has 1 aromatic carbocycles. The predicted molar refractivity (Wildman–Crippen MR) is 79.8 cm³/mol. The Morgan fingerprint density at radius 2 is 2.14 bits per heavy atom. The van der Waals surface area contributed by atoms with Crippen LogP contribution in [0.5, 0.6) is 5.75 Å². The molecule has 1 saturated heterocycles. The number of nitrogens with zero attached hydrogens (tertiary/aromatic N) is 1. The molecule has 1 heterocycles. The maximum atomic E-state index is 12.5. The molecule has 1 aliphatic heterocycles. The molecule has 5 heteroatoms. The van der Waals surface area contributed by atoms with E-state index in [9.17, 15) is 8.78 Å². The molecule has 0 spiro atoms. The number of rotatable bonds is 6. The van der Waals surface area contributed by atoms with Crippen LogP contribution in [0.2, 0.25) is 0 Å². The van der Waals surface area contributed by atoms with Gasteiger partial charge in [-0.2, -0.15) is 8.78 Å². The van der Waals surface area contributed by atoms with Crippen LogP contribution < -0.4 is 10.1 Å². The highest BCUT2D eigenvalue weighted by molar-refractivity contribution is 5.35. The van der Waals surface area contributed by atoms with E-state index in [1.165, 1.54) is 6.42 Å². The first-order valence-electron chi connectivity index (χ1n) is 7.62. The number of hydrogen-bond donors (Lipinski definition) is 1. The van der Waals surface area contributed by atoms with Crippen LogP contribution in [0.3, 0.4) is 0 Å². The summed E-state index contributed by atoms with van der Waals surface area (Å²) in [6.45, 7) is 4.59. The maximum absolute atomic E-state index is 12.5. The average Bonchev–Trinajstić information content (AvgIpc) is 2.47. The van der Waals surface area contributed by atoms with Crippen LogP contribution in [0.4, 0.5) is 8.78 Å². The van der Waals surface area contributed by atoms with E-state index in [0.29, 0.717) is 6.04 Å². The first-order chi connectivity index (χ1) is 10.1. The first-order valence-corrected chi connectivity index (χ1v) is 7.62. The molecule has 1 aliphatic rings. The fourth-order valence-electron chi connectivity index (χ4n) is 2.96. The number of para-hydroxylation sites is 1. The van der Waals surface area contributed by atoms with E-state index in [2.05, 4.69) is 21.9 Å². The molecule has 0 aliphatic carbocycles. The normalized spacial score (nSPS) is 21.5. The fourth-order valence-corrected chi connectivity index (χ4v) is 2.96. The molecule has 0 aromatic heterocycles. The summed E-state index contributed by atoms with van der Waals surface area (Å²) >= 11 is 0. The van der Waals surface area contributed by atoms with Gasteiger partial charge in [0.25, 0.3) is 0 Å². The third-order valence-electron chi connectivity index (χ3n) is 4.04. The largest absolute Gasteiger partial charge is 0.434 e. The zero-order valence-electron chi connectivity index (χ0n) is 12.7. The quantitative estimate of drug-likeness (QED) is 0.871. The van der Waals surface area contributed by atoms with Gasteiger partial charge >= 0.3 is 6.61 Å². The molecule has 0 bridgehead atoms. The van der Waals surface area contributed by atoms with Gasteiger partial charge in [-0.15, -0.1) is 0 Å². The van der Waals surface area contributed by atoms with E-state index in [4.69, 9.17) is 0 Å². The van der Waals surface area contributed by atoms with Crippen molar-refractivity contribution >= 4 is 0 Å². The second-order valence-electron chi connectivity index (χ2n) is 5.54. The highest BCUT2D eigenvalue weighted by atomic mass is 19.3. The van der Waals surface area contributed by atoms with Gasteiger partial charge in [0.15, 0.2) is 0 Å². The Morgan fingerprint density at radius 3 is 2.86 bits per heavy atom. The number of likely N-dealkylation sites (N-methyl/N-ethyl adjacent to an activating group) is 1. The summed E-state index contributed by atoms with van der Waals surface area (Å²) in [5.74, 6) is 0.260. The molecule has 0 amide bonds. The van der Waals surface area contributed by atoms with E-state index in [-0.39, 0.29) is 11.8 Å². The van der Waals surface area contributed by atoms with Crippen LogP contribution in [0.1, 0.15) is 38.3 Å². The fraction of sp³-hybridized carbons (Fsp3) is 0.625. The molecular formula is C16H24F2N2O. The van der Waals surface area contributed by atoms with Gasteiger partial charge in [-0.1, -0.05) is 25.1 Å². The standard InChI is InChI=1S/C16H24F2N2O/c1-3-20-10-6-7-13(11-20)19-12(2)14-8-4-5-9-15(14)21-16(17)18/h4-5,8-9,12-13,16,19H,3,6-7,10-11H2,1-2H3. The second kappa shape index (κ2) is 7.71. The van der Waals surface area contributed by atoms with Crippen molar-refractivity contribution in [2.45, 2.75) is 45.4 Å². The molecule has 0 saturated carbocycles. The third-order valence-corrected chi connectivity index (χ3v) is 4.04. The molecule has 2 rings (SSSR count). The SMILES string of the molecule is CCN1CCCC(NC(C)c2ccccc2OC(F)F)C1. The molecule has 0 radical (unpaired) electrons. The minimum Gasteiger partial charge on any atom is -0.434 e. The maximum Gasteiger partial charge on any atom is 0.387 e. The lowest BCUT2D eigenvalue weighted by Gasteiger charge is -2.34. The lowest BCUT2D eigenvalue weighted by atomic mass is 10.0. The molecular weight excluding hydrogens is 274 g/mol. The molecule has 21 heavy (non-hydrogen) atoms. The van der Waals surface area contributed by atoms with Crippen LogP contribution in [0, 0.1) is 0 Å². The van der Waals surface area contributed by atoms with Gasteiger partial charge in [0.2, 0.25) is 0 Å². The Labute approximate surface area is 125 Å². The van der Waals surface area contributed by atoms with Crippen molar-refractivity contribution in [3.63, 3.8) is 0 Å². The highest BCUT2D eigenvalue weighted by Crippen LogP contribution is 2.27. The van der Waals surface area contributed by atoms with E-state index >= 15 is 0 Å². The number of ether oxygens (including phenoxy) is 1. The number of likely N-dealkylation sites (tertiary alicyclic amines) is 1. The molecule has 118 valence electrons. The van der Waals surface area contributed by atoms with Crippen molar-refractivity contribution in [3.8, 4) is 5.75 Å². The number of hydrogen-bond acceptors (Lipinski definition) is 3. The average molecular weight is 298 g/mol. The summed E-state index contributed by atoms with van der Waals surface area (Å²) in [4.78, 5) is 2.41. The zero-order chi connectivity index (χ0) is 15.2. The molecule has 1 aromatic rings. The lowest BCUT2D eigenvalue weighted by molar-refractivity contribution is -0.0507. The van der Waals surface area contributed by atoms with E-state index in [0.717, 1.165) is 31.6 Å². The van der Waals surface area contributed by atoms with Crippen LogP contribution >= 0.6 is 0 Å². The zero-order valence-corrected chi connectivity index (χ0v) is 12.7. The number of benzene rings is 1. The van der Waals surface area contributed by atoms with Gasteiger partial charge in [0.05, 0.1) is 0 Å². The Hall–Kier alpha value is -1.20. The molecule has 1 fully saturated rings. The van der Waals surface area contributed by atoms with Gasteiger partial charge in [-0.25, -0.2) is 0 Å². The summed E-state index contributed by atoms with van der Waals surface area (Å²) in [6.07, 6.45) is 2.30. The van der Waals surface area contributed by atoms with Crippen molar-refractivity contribution in [3.05, 3.63) is 29.8 Å². The minimum atomic E-state index is -2.79. The topological polar surface area (TPSA) is 24.5 Å². The van der Waals surface area contributed by atoms with Gasteiger partial charge in [0, 0.05) is 24.2 Å². The summed E-state index contributed by atoms with van der Waals surface area (Å²) < 4.78 is 29.6. The van der Waals surface area contributed by atoms with Crippen molar-refractivity contribution in [1.29, 1.82) is 0 Å². The summed E-state index contributed by atoms with van der Waals surface area (Å²) in [6, 6.07) is 7.39. The number of piperidine rings is 1. The van der Waals surface area contributed by atoms with E-state index in [1.807, 2.05) is 19.1 Å². The number of halogens is 2.